The molecule has 0 bridgehead atoms. The van der Waals surface area contributed by atoms with E-state index in [4.69, 9.17) is 28.4 Å². The third-order valence-electron chi connectivity index (χ3n) is 13.9. The van der Waals surface area contributed by atoms with Gasteiger partial charge in [-0.05, 0) is 85.3 Å². The fourth-order valence-corrected chi connectivity index (χ4v) is 11.9. The van der Waals surface area contributed by atoms with E-state index in [1.165, 1.54) is 36.4 Å². The predicted octanol–water partition coefficient (Wildman–Crippen LogP) is 3.82. The number of fused-ring (bicyclic) bond motifs is 2. The Bertz CT molecular complexity index is 2130. The molecule has 6 rings (SSSR count). The first-order valence-electron chi connectivity index (χ1n) is 21.5. The lowest BCUT2D eigenvalue weighted by molar-refractivity contribution is -0.295. The van der Waals surface area contributed by atoms with Crippen LogP contribution in [0.3, 0.4) is 0 Å². The maximum absolute atomic E-state index is 14.9. The smallest absolute Gasteiger partial charge is 0.411 e. The summed E-state index contributed by atoms with van der Waals surface area (Å²) >= 11 is 0. The summed E-state index contributed by atoms with van der Waals surface area (Å²) in [6, 6.07) is 4.26. The molecule has 0 radical (unpaired) electrons. The highest BCUT2D eigenvalue weighted by atomic mass is 32.2. The number of aliphatic hydroxyl groups excluding tert-OH is 1. The van der Waals surface area contributed by atoms with Crippen molar-refractivity contribution >= 4 is 44.6 Å². The Morgan fingerprint density at radius 3 is 2.27 bits per heavy atom. The number of aliphatic hydroxyl groups is 1. The fourth-order valence-electron chi connectivity index (χ4n) is 10.2. The number of cyclic esters (lactones) is 1. The number of likely N-dealkylation sites (N-methyl/N-ethyl adjacent to an activating group) is 1. The molecule has 4 aliphatic rings. The van der Waals surface area contributed by atoms with Crippen LogP contribution in [0.5, 0.6) is 5.75 Å². The standard InChI is InChI=1S/C44H64N4O13S/c1-13-33-44(8)38(48(42(53)61-44)28-21-47(22-28)62(54,55)32-17-16-31(56-11)34-29(32)15-14-18-45-34)25(4)35(49)23(2)20-43(7,57-12)39(26(5)36(50)27(6)40(52)59-33)60-41-37(51)30(46(9)10)19-24(3)58-41/h14-18,23-28,30,33,37-39,41,51H,13,19-22H2,1-12H3/t23-,24-,25+,26+,27-,30+,33-,37-,38+,39-,41+,43-,44-/m1/s1. The van der Waals surface area contributed by atoms with Gasteiger partial charge in [-0.3, -0.25) is 24.3 Å². The molecule has 17 nitrogen and oxygen atoms in total. The molecule has 4 saturated heterocycles. The number of methoxy groups -OCH3 is 2. The second-order valence-corrected chi connectivity index (χ2v) is 20.1. The normalized spacial score (nSPS) is 37.1. The third-order valence-corrected chi connectivity index (χ3v) is 15.7. The molecular weight excluding hydrogens is 825 g/mol. The minimum Gasteiger partial charge on any atom is -0.494 e. The first kappa shape index (κ1) is 47.7. The van der Waals surface area contributed by atoms with Gasteiger partial charge in [0.2, 0.25) is 10.0 Å². The Balaban J connectivity index is 1.35. The van der Waals surface area contributed by atoms with E-state index in [1.807, 2.05) is 25.9 Å². The minimum absolute atomic E-state index is 0.0278. The quantitative estimate of drug-likeness (QED) is 0.281. The van der Waals surface area contributed by atoms with Gasteiger partial charge in [-0.15, -0.1) is 0 Å². The molecule has 62 heavy (non-hydrogen) atoms. The Morgan fingerprint density at radius 2 is 1.66 bits per heavy atom. The number of amides is 1. The highest BCUT2D eigenvalue weighted by molar-refractivity contribution is 7.89. The van der Waals surface area contributed by atoms with Crippen molar-refractivity contribution in [2.75, 3.05) is 41.4 Å². The largest absolute Gasteiger partial charge is 0.494 e. The zero-order valence-electron chi connectivity index (χ0n) is 37.9. The summed E-state index contributed by atoms with van der Waals surface area (Å²) in [5.41, 5.74) is -2.56. The van der Waals surface area contributed by atoms with Gasteiger partial charge < -0.3 is 38.4 Å². The van der Waals surface area contributed by atoms with Crippen molar-refractivity contribution < 1.29 is 61.1 Å². The number of carbonyl (C=O) groups excluding carboxylic acids is 4. The number of hydrogen-bond acceptors (Lipinski definition) is 15. The molecule has 1 aromatic heterocycles. The molecule has 13 atom stereocenters. The van der Waals surface area contributed by atoms with Crippen LogP contribution in [0.25, 0.3) is 10.9 Å². The molecule has 1 N–H and O–H groups in total. The maximum atomic E-state index is 14.9. The molecular formula is C44H64N4O13S. The third kappa shape index (κ3) is 8.36. The number of benzene rings is 1. The number of aromatic nitrogens is 1. The number of ketones is 2. The molecule has 0 unspecified atom stereocenters. The van der Waals surface area contributed by atoms with Crippen LogP contribution in [0.2, 0.25) is 0 Å². The average Bonchev–Trinajstić information content (AvgIpc) is 3.48. The van der Waals surface area contributed by atoms with Gasteiger partial charge in [0, 0.05) is 55.6 Å². The number of pyridine rings is 1. The molecule has 4 fully saturated rings. The molecule has 2 aromatic rings. The highest BCUT2D eigenvalue weighted by Crippen LogP contribution is 2.45. The summed E-state index contributed by atoms with van der Waals surface area (Å²) in [5, 5.41) is 11.9. The van der Waals surface area contributed by atoms with Crippen LogP contribution in [0.15, 0.2) is 35.4 Å². The van der Waals surface area contributed by atoms with E-state index in [0.717, 1.165) is 0 Å². The van der Waals surface area contributed by atoms with Crippen molar-refractivity contribution in [1.29, 1.82) is 0 Å². The molecule has 18 heteroatoms. The summed E-state index contributed by atoms with van der Waals surface area (Å²) in [4.78, 5) is 65.2. The van der Waals surface area contributed by atoms with Crippen molar-refractivity contribution in [2.24, 2.45) is 23.7 Å². The molecule has 1 aromatic carbocycles. The number of nitrogens with zero attached hydrogens (tertiary/aromatic N) is 4. The number of Topliss-reactive ketones (excluding diaryl/α,β-unsaturated/α-hetero) is 2. The van der Waals surface area contributed by atoms with Gasteiger partial charge >= 0.3 is 12.1 Å². The molecule has 0 saturated carbocycles. The summed E-state index contributed by atoms with van der Waals surface area (Å²) in [6.45, 7) is 13.3. The van der Waals surface area contributed by atoms with Crippen molar-refractivity contribution in [3.8, 4) is 5.75 Å². The van der Waals surface area contributed by atoms with Gasteiger partial charge in [-0.1, -0.05) is 27.7 Å². The average molecular weight is 889 g/mol. The Hall–Kier alpha value is -3.78. The molecule has 344 valence electrons. The summed E-state index contributed by atoms with van der Waals surface area (Å²) in [5.74, 6) is -5.23. The zero-order valence-corrected chi connectivity index (χ0v) is 38.7. The van der Waals surface area contributed by atoms with E-state index < -0.39 is 99.4 Å². The van der Waals surface area contributed by atoms with E-state index in [1.54, 1.807) is 65.9 Å². The van der Waals surface area contributed by atoms with Crippen LogP contribution >= 0.6 is 0 Å². The number of esters is 1. The SMILES string of the molecule is CC[C@H]1OC(=O)[C@H](C)C(=O)[C@H](C)[C@@H](O[C@@H]2O[C@H](C)C[C@H](N(C)C)[C@H]2O)[C@](C)(OC)C[C@@H](C)C(=O)[C@H](C)[C@@H]2N(C3CN(S(=O)(=O)c4ccc(OC)c5ncccc45)C3)C(=O)O[C@@]21C. The van der Waals surface area contributed by atoms with Crippen molar-refractivity contribution in [2.45, 2.75) is 140 Å². The Labute approximate surface area is 364 Å². The molecule has 5 heterocycles. The second-order valence-electron chi connectivity index (χ2n) is 18.2. The lowest BCUT2D eigenvalue weighted by atomic mass is 9.73. The van der Waals surface area contributed by atoms with Gasteiger partial charge in [0.15, 0.2) is 17.7 Å². The van der Waals surface area contributed by atoms with Crippen molar-refractivity contribution in [3.05, 3.63) is 30.5 Å². The fraction of sp³-hybridized carbons (Fsp3) is 0.705. The van der Waals surface area contributed by atoms with E-state index in [-0.39, 0.29) is 48.8 Å². The van der Waals surface area contributed by atoms with E-state index >= 15 is 0 Å². The van der Waals surface area contributed by atoms with Gasteiger partial charge in [0.1, 0.15) is 35.2 Å². The number of ether oxygens (including phenoxy) is 6. The monoisotopic (exact) mass is 888 g/mol. The van der Waals surface area contributed by atoms with E-state index in [0.29, 0.717) is 23.1 Å². The summed E-state index contributed by atoms with van der Waals surface area (Å²) < 4.78 is 66.2. The van der Waals surface area contributed by atoms with Gasteiger partial charge in [0.05, 0.1) is 41.9 Å². The second kappa shape index (κ2) is 18.0. The zero-order chi connectivity index (χ0) is 45.8. The first-order chi connectivity index (χ1) is 29.1. The highest BCUT2D eigenvalue weighted by Gasteiger charge is 2.63. The van der Waals surface area contributed by atoms with Crippen LogP contribution in [0.1, 0.15) is 74.7 Å². The molecule has 4 aliphatic heterocycles. The number of rotatable bonds is 9. The maximum Gasteiger partial charge on any atom is 0.411 e. The molecule has 1 amide bonds. The van der Waals surface area contributed by atoms with Gasteiger partial charge in [-0.25, -0.2) is 13.2 Å². The summed E-state index contributed by atoms with van der Waals surface area (Å²) in [7, 11) is 2.53. The lowest BCUT2D eigenvalue weighted by Gasteiger charge is -2.48. The van der Waals surface area contributed by atoms with Crippen molar-refractivity contribution in [3.63, 3.8) is 0 Å². The lowest BCUT2D eigenvalue weighted by Crippen LogP contribution is -2.66. The Kier molecular flexibility index (Phi) is 13.9. The van der Waals surface area contributed by atoms with Gasteiger partial charge in [0.25, 0.3) is 0 Å². The Morgan fingerprint density at radius 1 is 0.984 bits per heavy atom. The predicted molar refractivity (Wildman–Crippen MR) is 226 cm³/mol. The number of carbonyl (C=O) groups is 4. The molecule has 0 aliphatic carbocycles. The van der Waals surface area contributed by atoms with Crippen LogP contribution in [0, 0.1) is 23.7 Å². The minimum atomic E-state index is -4.10. The first-order valence-corrected chi connectivity index (χ1v) is 22.9. The van der Waals surface area contributed by atoms with Crippen molar-refractivity contribution in [1.82, 2.24) is 19.1 Å². The van der Waals surface area contributed by atoms with Crippen LogP contribution in [-0.2, 0) is 48.1 Å². The van der Waals surface area contributed by atoms with Gasteiger partial charge in [-0.2, -0.15) is 4.31 Å². The van der Waals surface area contributed by atoms with Crippen LogP contribution < -0.4 is 4.74 Å². The van der Waals surface area contributed by atoms with Crippen LogP contribution in [0.4, 0.5) is 4.79 Å². The summed E-state index contributed by atoms with van der Waals surface area (Å²) in [6.07, 6.45) is -3.28. The van der Waals surface area contributed by atoms with E-state index in [2.05, 4.69) is 4.98 Å². The van der Waals surface area contributed by atoms with Crippen LogP contribution in [-0.4, -0.2) is 158 Å². The topological polar surface area (TPSA) is 201 Å². The van der Waals surface area contributed by atoms with E-state index in [9.17, 15) is 32.7 Å². The molecule has 0 spiro atoms. The number of sulfonamides is 1. The number of hydrogen-bond donors (Lipinski definition) is 1.